The monoisotopic (exact) mass is 261 g/mol. The summed E-state index contributed by atoms with van der Waals surface area (Å²) in [5.74, 6) is 1.02. The molecule has 1 aliphatic carbocycles. The van der Waals surface area contributed by atoms with E-state index in [9.17, 15) is 0 Å². The second-order valence-corrected chi connectivity index (χ2v) is 5.54. The van der Waals surface area contributed by atoms with Gasteiger partial charge in [0, 0.05) is 6.04 Å². The number of hydrogen-bond donors (Lipinski definition) is 1. The Hall–Kier alpha value is -1.02. The van der Waals surface area contributed by atoms with Gasteiger partial charge in [-0.15, -0.1) is 0 Å². The third-order valence-corrected chi connectivity index (χ3v) is 4.19. The zero-order valence-corrected chi connectivity index (χ0v) is 12.3. The molecule has 2 unspecified atom stereocenters. The Bertz CT molecular complexity index is 360. The van der Waals surface area contributed by atoms with Gasteiger partial charge in [0.25, 0.3) is 0 Å². The van der Waals surface area contributed by atoms with Crippen molar-refractivity contribution in [2.45, 2.75) is 64.0 Å². The summed E-state index contributed by atoms with van der Waals surface area (Å²) in [5.41, 5.74) is 1.37. The molecule has 106 valence electrons. The lowest BCUT2D eigenvalue weighted by Gasteiger charge is -2.29. The Morgan fingerprint density at radius 3 is 2.37 bits per heavy atom. The first-order valence-electron chi connectivity index (χ1n) is 7.76. The standard InChI is InChI=1S/C17H27NO/c1-3-14-10-12-15(13-11-14)19-17-9-7-5-4-6-8-16(17)18-2/h10-13,16-18H,3-9H2,1-2H3. The molecule has 19 heavy (non-hydrogen) atoms. The second-order valence-electron chi connectivity index (χ2n) is 5.54. The van der Waals surface area contributed by atoms with Crippen LogP contribution in [0.1, 0.15) is 51.0 Å². The van der Waals surface area contributed by atoms with Crippen LogP contribution >= 0.6 is 0 Å². The topological polar surface area (TPSA) is 21.3 Å². The Kier molecular flexibility index (Phi) is 5.71. The third-order valence-electron chi connectivity index (χ3n) is 4.19. The van der Waals surface area contributed by atoms with Gasteiger partial charge in [0.1, 0.15) is 11.9 Å². The fraction of sp³-hybridized carbons (Fsp3) is 0.647. The lowest BCUT2D eigenvalue weighted by Crippen LogP contribution is -2.41. The van der Waals surface area contributed by atoms with E-state index >= 15 is 0 Å². The number of ether oxygens (including phenoxy) is 1. The van der Waals surface area contributed by atoms with Gasteiger partial charge in [-0.25, -0.2) is 0 Å². The van der Waals surface area contributed by atoms with Gasteiger partial charge >= 0.3 is 0 Å². The lowest BCUT2D eigenvalue weighted by molar-refractivity contribution is 0.131. The molecule has 2 heteroatoms. The van der Waals surface area contributed by atoms with Crippen LogP contribution in [0.25, 0.3) is 0 Å². The van der Waals surface area contributed by atoms with Crippen LogP contribution in [0.15, 0.2) is 24.3 Å². The zero-order valence-electron chi connectivity index (χ0n) is 12.3. The highest BCUT2D eigenvalue weighted by Crippen LogP contribution is 2.23. The van der Waals surface area contributed by atoms with Gasteiger partial charge in [-0.1, -0.05) is 38.3 Å². The van der Waals surface area contributed by atoms with Crippen molar-refractivity contribution in [1.29, 1.82) is 0 Å². The van der Waals surface area contributed by atoms with E-state index in [4.69, 9.17) is 4.74 Å². The number of nitrogens with one attached hydrogen (secondary N) is 1. The molecule has 1 fully saturated rings. The van der Waals surface area contributed by atoms with E-state index in [1.54, 1.807) is 0 Å². The van der Waals surface area contributed by atoms with Crippen LogP contribution in [0.2, 0.25) is 0 Å². The quantitative estimate of drug-likeness (QED) is 0.886. The fourth-order valence-electron chi connectivity index (χ4n) is 2.90. The summed E-state index contributed by atoms with van der Waals surface area (Å²) in [7, 11) is 2.06. The Balaban J connectivity index is 2.00. The van der Waals surface area contributed by atoms with Crippen LogP contribution in [0.3, 0.4) is 0 Å². The number of benzene rings is 1. The molecule has 2 atom stereocenters. The minimum atomic E-state index is 0.317. The maximum Gasteiger partial charge on any atom is 0.119 e. The van der Waals surface area contributed by atoms with E-state index in [2.05, 4.69) is 43.6 Å². The van der Waals surface area contributed by atoms with Crippen LogP contribution in [0.4, 0.5) is 0 Å². The van der Waals surface area contributed by atoms with Crippen molar-refractivity contribution in [2.75, 3.05) is 7.05 Å². The number of rotatable bonds is 4. The molecule has 1 aliphatic rings. The predicted octanol–water partition coefficient (Wildman–Crippen LogP) is 3.94. The largest absolute Gasteiger partial charge is 0.489 e. The van der Waals surface area contributed by atoms with Gasteiger partial charge in [-0.05, 0) is 50.4 Å². The summed E-state index contributed by atoms with van der Waals surface area (Å²) in [6.45, 7) is 2.18. The number of hydrogen-bond acceptors (Lipinski definition) is 2. The molecule has 0 radical (unpaired) electrons. The highest BCUT2D eigenvalue weighted by Gasteiger charge is 2.22. The van der Waals surface area contributed by atoms with Gasteiger partial charge in [-0.3, -0.25) is 0 Å². The summed E-state index contributed by atoms with van der Waals surface area (Å²) < 4.78 is 6.23. The van der Waals surface area contributed by atoms with Gasteiger partial charge in [0.05, 0.1) is 0 Å². The van der Waals surface area contributed by atoms with E-state index < -0.39 is 0 Å². The molecule has 1 saturated carbocycles. The molecule has 2 rings (SSSR count). The summed E-state index contributed by atoms with van der Waals surface area (Å²) >= 11 is 0. The molecule has 0 amide bonds. The second kappa shape index (κ2) is 7.54. The van der Waals surface area contributed by atoms with Crippen LogP contribution in [-0.4, -0.2) is 19.2 Å². The van der Waals surface area contributed by atoms with E-state index in [0.717, 1.165) is 12.2 Å². The smallest absolute Gasteiger partial charge is 0.119 e. The molecule has 0 heterocycles. The lowest BCUT2D eigenvalue weighted by atomic mass is 9.94. The van der Waals surface area contributed by atoms with Crippen LogP contribution in [0, 0.1) is 0 Å². The van der Waals surface area contributed by atoms with Crippen molar-refractivity contribution < 1.29 is 4.74 Å². The Morgan fingerprint density at radius 1 is 1.05 bits per heavy atom. The number of likely N-dealkylation sites (N-methyl/N-ethyl adjacent to an activating group) is 1. The van der Waals surface area contributed by atoms with E-state index in [1.807, 2.05) is 0 Å². The molecular formula is C17H27NO. The van der Waals surface area contributed by atoms with Crippen molar-refractivity contribution in [1.82, 2.24) is 5.32 Å². The Labute approximate surface area is 117 Å². The van der Waals surface area contributed by atoms with Gasteiger partial charge in [0.2, 0.25) is 0 Å². The van der Waals surface area contributed by atoms with Crippen molar-refractivity contribution in [3.05, 3.63) is 29.8 Å². The zero-order chi connectivity index (χ0) is 13.5. The van der Waals surface area contributed by atoms with Crippen molar-refractivity contribution in [3.8, 4) is 5.75 Å². The first kappa shape index (κ1) is 14.4. The van der Waals surface area contributed by atoms with Crippen LogP contribution in [-0.2, 0) is 6.42 Å². The average molecular weight is 261 g/mol. The maximum atomic E-state index is 6.23. The molecular weight excluding hydrogens is 234 g/mol. The summed E-state index contributed by atoms with van der Waals surface area (Å²) in [6, 6.07) is 9.07. The summed E-state index contributed by atoms with van der Waals surface area (Å²) in [6.07, 6.45) is 9.13. The van der Waals surface area contributed by atoms with Crippen molar-refractivity contribution in [3.63, 3.8) is 0 Å². The van der Waals surface area contributed by atoms with E-state index in [-0.39, 0.29) is 0 Å². The van der Waals surface area contributed by atoms with Gasteiger partial charge < -0.3 is 10.1 Å². The third kappa shape index (κ3) is 4.24. The fourth-order valence-corrected chi connectivity index (χ4v) is 2.90. The van der Waals surface area contributed by atoms with E-state index in [1.165, 1.54) is 44.1 Å². The predicted molar refractivity (Wildman–Crippen MR) is 80.8 cm³/mol. The Morgan fingerprint density at radius 2 is 1.74 bits per heavy atom. The van der Waals surface area contributed by atoms with Gasteiger partial charge in [-0.2, -0.15) is 0 Å². The summed E-state index contributed by atoms with van der Waals surface area (Å²) in [4.78, 5) is 0. The molecule has 0 saturated heterocycles. The molecule has 1 aromatic rings. The molecule has 0 aliphatic heterocycles. The SMILES string of the molecule is CCc1ccc(OC2CCCCCCC2NC)cc1. The molecule has 1 aromatic carbocycles. The van der Waals surface area contributed by atoms with E-state index in [0.29, 0.717) is 12.1 Å². The highest BCUT2D eigenvalue weighted by atomic mass is 16.5. The normalized spacial score (nSPS) is 24.5. The molecule has 1 N–H and O–H groups in total. The molecule has 0 spiro atoms. The van der Waals surface area contributed by atoms with Crippen LogP contribution < -0.4 is 10.1 Å². The molecule has 2 nitrogen and oxygen atoms in total. The maximum absolute atomic E-state index is 6.23. The highest BCUT2D eigenvalue weighted by molar-refractivity contribution is 5.27. The first-order chi connectivity index (χ1) is 9.33. The first-order valence-corrected chi connectivity index (χ1v) is 7.76. The number of aryl methyl sites for hydroxylation is 1. The minimum absolute atomic E-state index is 0.317. The van der Waals surface area contributed by atoms with Crippen LogP contribution in [0.5, 0.6) is 5.75 Å². The summed E-state index contributed by atoms with van der Waals surface area (Å²) in [5, 5.41) is 3.44. The average Bonchev–Trinajstić information content (AvgIpc) is 2.43. The van der Waals surface area contributed by atoms with Crippen molar-refractivity contribution >= 4 is 0 Å². The van der Waals surface area contributed by atoms with Gasteiger partial charge in [0.15, 0.2) is 0 Å². The molecule has 0 aromatic heterocycles. The minimum Gasteiger partial charge on any atom is -0.489 e. The van der Waals surface area contributed by atoms with Crippen molar-refractivity contribution in [2.24, 2.45) is 0 Å². The molecule has 0 bridgehead atoms.